The Bertz CT molecular complexity index is 1010. The number of rotatable bonds is 6. The Morgan fingerprint density at radius 3 is 2.57 bits per heavy atom. The fraction of sp³-hybridized carbons (Fsp3) is 0.381. The maximum atomic E-state index is 12.4. The van der Waals surface area contributed by atoms with Crippen molar-refractivity contribution in [3.63, 3.8) is 0 Å². The third kappa shape index (κ3) is 4.73. The first-order chi connectivity index (χ1) is 14.3. The number of hydrogen-bond donors (Lipinski definition) is 2. The maximum Gasteiger partial charge on any atom is 0.287 e. The summed E-state index contributed by atoms with van der Waals surface area (Å²) in [5.74, 6) is 0.386. The Morgan fingerprint density at radius 2 is 1.93 bits per heavy atom. The number of nitrogens with one attached hydrogen (secondary N) is 2. The van der Waals surface area contributed by atoms with E-state index in [2.05, 4.69) is 15.8 Å². The van der Waals surface area contributed by atoms with Gasteiger partial charge >= 0.3 is 0 Å². The highest BCUT2D eigenvalue weighted by Crippen LogP contribution is 2.29. The van der Waals surface area contributed by atoms with Crippen molar-refractivity contribution in [1.82, 2.24) is 10.7 Å². The van der Waals surface area contributed by atoms with Crippen LogP contribution in [0, 0.1) is 17.0 Å². The van der Waals surface area contributed by atoms with Crippen molar-refractivity contribution in [3.05, 3.63) is 62.6 Å². The van der Waals surface area contributed by atoms with Gasteiger partial charge in [-0.05, 0) is 39.2 Å². The van der Waals surface area contributed by atoms with Gasteiger partial charge in [0.1, 0.15) is 5.76 Å². The van der Waals surface area contributed by atoms with Crippen LogP contribution >= 0.6 is 0 Å². The van der Waals surface area contributed by atoms with Gasteiger partial charge in [0.05, 0.1) is 17.1 Å². The molecule has 2 N–H and O–H groups in total. The van der Waals surface area contributed by atoms with Crippen molar-refractivity contribution in [2.45, 2.75) is 52.5 Å². The van der Waals surface area contributed by atoms with Crippen molar-refractivity contribution in [3.8, 4) is 0 Å². The molecule has 0 saturated heterocycles. The summed E-state index contributed by atoms with van der Waals surface area (Å²) in [6, 6.07) is 5.80. The number of hydrogen-bond acceptors (Lipinski definition) is 6. The molecule has 1 aromatic heterocycles. The minimum atomic E-state index is -0.487. The van der Waals surface area contributed by atoms with E-state index in [0.717, 1.165) is 12.0 Å². The van der Waals surface area contributed by atoms with Gasteiger partial charge in [-0.2, -0.15) is 5.10 Å². The smallest absolute Gasteiger partial charge is 0.287 e. The van der Waals surface area contributed by atoms with E-state index in [1.807, 2.05) is 20.8 Å². The number of nitro groups is 1. The minimum Gasteiger partial charge on any atom is -0.455 e. The van der Waals surface area contributed by atoms with Crippen LogP contribution in [-0.4, -0.2) is 28.5 Å². The number of non-ortho nitro benzene ring substituents is 1. The van der Waals surface area contributed by atoms with E-state index in [1.165, 1.54) is 12.1 Å². The molecule has 158 valence electrons. The monoisotopic (exact) mass is 412 g/mol. The standard InChI is InChI=1S/C21H24N4O5/c1-12(2)22-21(27)20-13(3)19-16(5-4-6-17(19)30-20)23-24-18(26)11-14-7-9-15(10-8-14)25(28)29/h7-10,12H,4-6,11H2,1-3H3,(H,22,27)(H,24,26)/b23-16+. The molecule has 0 radical (unpaired) electrons. The quantitative estimate of drug-likeness (QED) is 0.557. The molecule has 0 unspecified atom stereocenters. The first kappa shape index (κ1) is 21.2. The minimum absolute atomic E-state index is 0.00845. The average molecular weight is 412 g/mol. The van der Waals surface area contributed by atoms with E-state index in [9.17, 15) is 19.7 Å². The number of carbonyl (C=O) groups is 2. The van der Waals surface area contributed by atoms with E-state index in [-0.39, 0.29) is 35.7 Å². The molecule has 1 heterocycles. The molecule has 0 spiro atoms. The van der Waals surface area contributed by atoms with Gasteiger partial charge < -0.3 is 9.73 Å². The third-order valence-corrected chi connectivity index (χ3v) is 4.78. The fourth-order valence-electron chi connectivity index (χ4n) is 3.41. The van der Waals surface area contributed by atoms with E-state index in [4.69, 9.17) is 4.42 Å². The van der Waals surface area contributed by atoms with Crippen molar-refractivity contribution in [2.75, 3.05) is 0 Å². The van der Waals surface area contributed by atoms with Crippen molar-refractivity contribution >= 4 is 23.2 Å². The number of nitrogens with zero attached hydrogens (tertiary/aromatic N) is 2. The van der Waals surface area contributed by atoms with Gasteiger partial charge in [-0.25, -0.2) is 5.43 Å². The lowest BCUT2D eigenvalue weighted by Crippen LogP contribution is -2.30. The number of amides is 2. The molecule has 0 bridgehead atoms. The van der Waals surface area contributed by atoms with Crippen LogP contribution < -0.4 is 10.7 Å². The van der Waals surface area contributed by atoms with Gasteiger partial charge in [-0.1, -0.05) is 12.1 Å². The first-order valence-corrected chi connectivity index (χ1v) is 9.78. The zero-order valence-corrected chi connectivity index (χ0v) is 17.2. The summed E-state index contributed by atoms with van der Waals surface area (Å²) < 4.78 is 5.80. The lowest BCUT2D eigenvalue weighted by Gasteiger charge is -2.13. The van der Waals surface area contributed by atoms with E-state index >= 15 is 0 Å². The summed E-state index contributed by atoms with van der Waals surface area (Å²) in [6.45, 7) is 5.57. The van der Waals surface area contributed by atoms with Crippen LogP contribution in [0.2, 0.25) is 0 Å². The van der Waals surface area contributed by atoms with E-state index in [0.29, 0.717) is 35.4 Å². The number of carbonyl (C=O) groups excluding carboxylic acids is 2. The van der Waals surface area contributed by atoms with Crippen LogP contribution in [0.3, 0.4) is 0 Å². The zero-order valence-electron chi connectivity index (χ0n) is 17.2. The van der Waals surface area contributed by atoms with Gasteiger partial charge in [0.25, 0.3) is 11.6 Å². The summed E-state index contributed by atoms with van der Waals surface area (Å²) >= 11 is 0. The highest BCUT2D eigenvalue weighted by atomic mass is 16.6. The normalized spacial score (nSPS) is 14.5. The highest BCUT2D eigenvalue weighted by molar-refractivity contribution is 6.06. The van der Waals surface area contributed by atoms with Crippen LogP contribution in [0.4, 0.5) is 5.69 Å². The second-order valence-electron chi connectivity index (χ2n) is 7.53. The van der Waals surface area contributed by atoms with Gasteiger partial charge in [0.2, 0.25) is 5.91 Å². The molecular formula is C21H24N4O5. The summed E-state index contributed by atoms with van der Waals surface area (Å²) in [4.78, 5) is 34.9. The Balaban J connectivity index is 1.73. The Kier molecular flexibility index (Phi) is 6.29. The van der Waals surface area contributed by atoms with Gasteiger partial charge in [-0.3, -0.25) is 19.7 Å². The lowest BCUT2D eigenvalue weighted by molar-refractivity contribution is -0.384. The fourth-order valence-corrected chi connectivity index (χ4v) is 3.41. The molecule has 0 aliphatic heterocycles. The van der Waals surface area contributed by atoms with Gasteiger partial charge in [-0.15, -0.1) is 0 Å². The van der Waals surface area contributed by atoms with Crippen LogP contribution in [0.1, 0.15) is 59.7 Å². The number of furan rings is 1. The number of nitro benzene ring substituents is 1. The van der Waals surface area contributed by atoms with Crippen LogP contribution in [-0.2, 0) is 17.6 Å². The Hall–Kier alpha value is -3.49. The second-order valence-corrected chi connectivity index (χ2v) is 7.53. The summed E-state index contributed by atoms with van der Waals surface area (Å²) in [7, 11) is 0. The van der Waals surface area contributed by atoms with Crippen LogP contribution in [0.15, 0.2) is 33.8 Å². The number of aryl methyl sites for hydroxylation is 1. The molecule has 9 nitrogen and oxygen atoms in total. The highest BCUT2D eigenvalue weighted by Gasteiger charge is 2.28. The van der Waals surface area contributed by atoms with Gasteiger partial charge in [0.15, 0.2) is 5.76 Å². The summed E-state index contributed by atoms with van der Waals surface area (Å²) in [5.41, 5.74) is 5.35. The topological polar surface area (TPSA) is 127 Å². The third-order valence-electron chi connectivity index (χ3n) is 4.78. The molecule has 0 saturated carbocycles. The predicted molar refractivity (Wildman–Crippen MR) is 110 cm³/mol. The second kappa shape index (κ2) is 8.89. The molecule has 2 aromatic rings. The van der Waals surface area contributed by atoms with Crippen LogP contribution in [0.5, 0.6) is 0 Å². The molecule has 30 heavy (non-hydrogen) atoms. The maximum absolute atomic E-state index is 12.4. The van der Waals surface area contributed by atoms with Crippen LogP contribution in [0.25, 0.3) is 0 Å². The molecule has 0 fully saturated rings. The van der Waals surface area contributed by atoms with Crippen molar-refractivity contribution in [1.29, 1.82) is 0 Å². The molecule has 9 heteroatoms. The number of hydrazone groups is 1. The van der Waals surface area contributed by atoms with Crippen molar-refractivity contribution in [2.24, 2.45) is 5.10 Å². The molecule has 3 rings (SSSR count). The predicted octanol–water partition coefficient (Wildman–Crippen LogP) is 3.03. The van der Waals surface area contributed by atoms with Gasteiger partial charge in [0, 0.05) is 35.7 Å². The number of benzene rings is 1. The summed E-state index contributed by atoms with van der Waals surface area (Å²) in [5, 5.41) is 17.8. The zero-order chi connectivity index (χ0) is 21.8. The SMILES string of the molecule is Cc1c(C(=O)NC(C)C)oc2c1/C(=N/NC(=O)Cc1ccc([N+](=O)[O-])cc1)CCC2. The molecule has 2 amide bonds. The molecule has 0 atom stereocenters. The van der Waals surface area contributed by atoms with E-state index < -0.39 is 4.92 Å². The summed E-state index contributed by atoms with van der Waals surface area (Å²) in [6.07, 6.45) is 2.23. The average Bonchev–Trinajstić information content (AvgIpc) is 3.04. The molecule has 1 aliphatic carbocycles. The number of fused-ring (bicyclic) bond motifs is 1. The van der Waals surface area contributed by atoms with Crippen molar-refractivity contribution < 1.29 is 18.9 Å². The lowest BCUT2D eigenvalue weighted by atomic mass is 9.93. The molecule has 1 aliphatic rings. The Morgan fingerprint density at radius 1 is 1.23 bits per heavy atom. The Labute approximate surface area is 173 Å². The van der Waals surface area contributed by atoms with E-state index in [1.54, 1.807) is 12.1 Å². The molecular weight excluding hydrogens is 388 g/mol. The first-order valence-electron chi connectivity index (χ1n) is 9.78. The molecule has 1 aromatic carbocycles. The largest absolute Gasteiger partial charge is 0.455 e.